The van der Waals surface area contributed by atoms with E-state index < -0.39 is 0 Å². The van der Waals surface area contributed by atoms with Crippen LogP contribution in [0, 0.1) is 11.8 Å². The topological polar surface area (TPSA) is 3.24 Å². The predicted octanol–water partition coefficient (Wildman–Crippen LogP) is 3.67. The second kappa shape index (κ2) is 4.86. The Morgan fingerprint density at radius 1 is 1.36 bits per heavy atom. The van der Waals surface area contributed by atoms with Gasteiger partial charge in [-0.1, -0.05) is 34.3 Å². The Morgan fingerprint density at radius 3 is 2.50 bits per heavy atom. The van der Waals surface area contributed by atoms with Crippen molar-refractivity contribution in [3.63, 3.8) is 0 Å². The minimum Gasteiger partial charge on any atom is -0.372 e. The Labute approximate surface area is 89.2 Å². The summed E-state index contributed by atoms with van der Waals surface area (Å²) in [7, 11) is 0. The Bertz CT molecular complexity index is 193. The Hall–Kier alpha value is -0.460. The molecule has 82 valence electrons. The van der Waals surface area contributed by atoms with E-state index in [4.69, 9.17) is 0 Å². The first-order valence-electron chi connectivity index (χ1n) is 5.97. The van der Waals surface area contributed by atoms with Crippen LogP contribution in [0.4, 0.5) is 0 Å². The smallest absolute Gasteiger partial charge is 0.0289 e. The van der Waals surface area contributed by atoms with Crippen molar-refractivity contribution in [2.45, 2.75) is 53.0 Å². The number of nitrogens with zero attached hydrogens (tertiary/aromatic N) is 1. The van der Waals surface area contributed by atoms with Crippen LogP contribution >= 0.6 is 0 Å². The zero-order chi connectivity index (χ0) is 10.7. The minimum atomic E-state index is 0.600. The maximum Gasteiger partial charge on any atom is 0.0289 e. The van der Waals surface area contributed by atoms with Crippen molar-refractivity contribution in [3.05, 3.63) is 12.3 Å². The van der Waals surface area contributed by atoms with Crippen LogP contribution in [0.15, 0.2) is 12.3 Å². The highest BCUT2D eigenvalue weighted by Gasteiger charge is 2.26. The van der Waals surface area contributed by atoms with Gasteiger partial charge >= 0.3 is 0 Å². The molecule has 1 rings (SSSR count). The van der Waals surface area contributed by atoms with Gasteiger partial charge in [0.25, 0.3) is 0 Å². The van der Waals surface area contributed by atoms with Crippen molar-refractivity contribution in [2.75, 3.05) is 6.54 Å². The molecular weight excluding hydrogens is 170 g/mol. The highest BCUT2D eigenvalue weighted by atomic mass is 15.2. The van der Waals surface area contributed by atoms with E-state index in [9.17, 15) is 0 Å². The molecule has 0 radical (unpaired) electrons. The first-order valence-corrected chi connectivity index (χ1v) is 5.97. The van der Waals surface area contributed by atoms with E-state index in [1.807, 2.05) is 0 Å². The standard InChI is InChI=1S/C13H25N/c1-10(2)9-13-7-6-8-14(13)12(5)11(3)4/h10-11,13H,5-9H2,1-4H3. The lowest BCUT2D eigenvalue weighted by molar-refractivity contribution is 0.260. The molecule has 0 amide bonds. The molecule has 1 unspecified atom stereocenters. The van der Waals surface area contributed by atoms with E-state index in [0.29, 0.717) is 5.92 Å². The summed E-state index contributed by atoms with van der Waals surface area (Å²) in [6.45, 7) is 14.6. The van der Waals surface area contributed by atoms with Gasteiger partial charge in [-0.05, 0) is 31.1 Å². The van der Waals surface area contributed by atoms with E-state index in [-0.39, 0.29) is 0 Å². The molecule has 1 fully saturated rings. The van der Waals surface area contributed by atoms with Crippen LogP contribution in [0.2, 0.25) is 0 Å². The molecule has 1 aliphatic heterocycles. The van der Waals surface area contributed by atoms with Gasteiger partial charge < -0.3 is 4.90 Å². The summed E-state index contributed by atoms with van der Waals surface area (Å²) in [5.41, 5.74) is 1.34. The zero-order valence-corrected chi connectivity index (χ0v) is 10.2. The molecule has 0 N–H and O–H groups in total. The quantitative estimate of drug-likeness (QED) is 0.661. The third kappa shape index (κ3) is 2.76. The van der Waals surface area contributed by atoms with Crippen LogP contribution < -0.4 is 0 Å². The third-order valence-corrected chi connectivity index (χ3v) is 3.16. The van der Waals surface area contributed by atoms with E-state index in [1.54, 1.807) is 0 Å². The van der Waals surface area contributed by atoms with E-state index in [1.165, 1.54) is 31.5 Å². The molecule has 0 aromatic heterocycles. The number of hydrogen-bond donors (Lipinski definition) is 0. The summed E-state index contributed by atoms with van der Waals surface area (Å²) >= 11 is 0. The molecule has 1 atom stereocenters. The van der Waals surface area contributed by atoms with Crippen molar-refractivity contribution in [1.82, 2.24) is 4.90 Å². The fraction of sp³-hybridized carbons (Fsp3) is 0.846. The lowest BCUT2D eigenvalue weighted by Gasteiger charge is -2.31. The summed E-state index contributed by atoms with van der Waals surface area (Å²) in [6.07, 6.45) is 4.04. The summed E-state index contributed by atoms with van der Waals surface area (Å²) < 4.78 is 0. The highest BCUT2D eigenvalue weighted by molar-refractivity contribution is 5.02. The van der Waals surface area contributed by atoms with Crippen LogP contribution in [0.5, 0.6) is 0 Å². The fourth-order valence-corrected chi connectivity index (χ4v) is 2.33. The molecule has 1 heteroatoms. The van der Waals surface area contributed by atoms with Crippen LogP contribution in [0.25, 0.3) is 0 Å². The van der Waals surface area contributed by atoms with Gasteiger partial charge in [0.1, 0.15) is 0 Å². The summed E-state index contributed by atoms with van der Waals surface area (Å²) in [5.74, 6) is 1.41. The first kappa shape index (κ1) is 11.6. The van der Waals surface area contributed by atoms with Gasteiger partial charge in [0.2, 0.25) is 0 Å². The number of hydrogen-bond acceptors (Lipinski definition) is 1. The van der Waals surface area contributed by atoms with Crippen LogP contribution in [0.3, 0.4) is 0 Å². The molecule has 1 saturated heterocycles. The average Bonchev–Trinajstić information content (AvgIpc) is 2.49. The van der Waals surface area contributed by atoms with Crippen molar-refractivity contribution in [1.29, 1.82) is 0 Å². The third-order valence-electron chi connectivity index (χ3n) is 3.16. The Morgan fingerprint density at radius 2 is 2.00 bits per heavy atom. The van der Waals surface area contributed by atoms with Gasteiger partial charge in [-0.3, -0.25) is 0 Å². The molecule has 0 spiro atoms. The molecule has 0 bridgehead atoms. The Kier molecular flexibility index (Phi) is 4.03. The molecule has 0 saturated carbocycles. The van der Waals surface area contributed by atoms with Crippen molar-refractivity contribution >= 4 is 0 Å². The lowest BCUT2D eigenvalue weighted by atomic mass is 10.0. The maximum atomic E-state index is 4.22. The molecule has 0 aromatic rings. The minimum absolute atomic E-state index is 0.600. The summed E-state index contributed by atoms with van der Waals surface area (Å²) in [5, 5.41) is 0. The number of rotatable bonds is 4. The molecule has 1 heterocycles. The predicted molar refractivity (Wildman–Crippen MR) is 63.2 cm³/mol. The molecular formula is C13H25N. The van der Waals surface area contributed by atoms with Crippen molar-refractivity contribution in [2.24, 2.45) is 11.8 Å². The van der Waals surface area contributed by atoms with Gasteiger partial charge in [-0.25, -0.2) is 0 Å². The molecule has 1 aliphatic rings. The van der Waals surface area contributed by atoms with Gasteiger partial charge in [-0.15, -0.1) is 0 Å². The monoisotopic (exact) mass is 195 g/mol. The maximum absolute atomic E-state index is 4.22. The highest BCUT2D eigenvalue weighted by Crippen LogP contribution is 2.28. The number of likely N-dealkylation sites (tertiary alicyclic amines) is 1. The summed E-state index contributed by atoms with van der Waals surface area (Å²) in [6, 6.07) is 0.768. The normalized spacial score (nSPS) is 22.4. The van der Waals surface area contributed by atoms with E-state index in [2.05, 4.69) is 39.2 Å². The van der Waals surface area contributed by atoms with Crippen LogP contribution in [0.1, 0.15) is 47.0 Å². The molecule has 1 nitrogen and oxygen atoms in total. The second-order valence-corrected chi connectivity index (χ2v) is 5.27. The van der Waals surface area contributed by atoms with Crippen molar-refractivity contribution < 1.29 is 0 Å². The van der Waals surface area contributed by atoms with Gasteiger partial charge in [0, 0.05) is 18.3 Å². The zero-order valence-electron chi connectivity index (χ0n) is 10.2. The SMILES string of the molecule is C=C(C(C)C)N1CCCC1CC(C)C. The second-order valence-electron chi connectivity index (χ2n) is 5.27. The Balaban J connectivity index is 2.55. The molecule has 0 aliphatic carbocycles. The fourth-order valence-electron chi connectivity index (χ4n) is 2.33. The van der Waals surface area contributed by atoms with Crippen molar-refractivity contribution in [3.8, 4) is 0 Å². The lowest BCUT2D eigenvalue weighted by Crippen LogP contribution is -2.31. The van der Waals surface area contributed by atoms with Gasteiger partial charge in [-0.2, -0.15) is 0 Å². The molecule has 14 heavy (non-hydrogen) atoms. The van der Waals surface area contributed by atoms with Gasteiger partial charge in [0.15, 0.2) is 0 Å². The summed E-state index contributed by atoms with van der Waals surface area (Å²) in [4.78, 5) is 2.55. The van der Waals surface area contributed by atoms with Crippen LogP contribution in [-0.2, 0) is 0 Å². The van der Waals surface area contributed by atoms with E-state index >= 15 is 0 Å². The number of allylic oxidation sites excluding steroid dienone is 1. The largest absolute Gasteiger partial charge is 0.372 e. The van der Waals surface area contributed by atoms with Crippen LogP contribution in [-0.4, -0.2) is 17.5 Å². The molecule has 0 aromatic carbocycles. The van der Waals surface area contributed by atoms with E-state index in [0.717, 1.165) is 12.0 Å². The first-order chi connectivity index (χ1) is 6.52. The average molecular weight is 195 g/mol. The van der Waals surface area contributed by atoms with Gasteiger partial charge in [0.05, 0.1) is 0 Å².